The Morgan fingerprint density at radius 3 is 2.29 bits per heavy atom. The van der Waals surface area contributed by atoms with E-state index in [9.17, 15) is 14.4 Å². The molecule has 184 valence electrons. The molecule has 2 rings (SSSR count). The summed E-state index contributed by atoms with van der Waals surface area (Å²) in [5.74, 6) is -0.483. The number of hydrogen-bond donors (Lipinski definition) is 2. The van der Waals surface area contributed by atoms with Crippen molar-refractivity contribution in [3.63, 3.8) is 0 Å². The monoisotopic (exact) mass is 513 g/mol. The average molecular weight is 514 g/mol. The third kappa shape index (κ3) is 16.6. The second-order valence-electron chi connectivity index (χ2n) is 8.06. The minimum Gasteiger partial charge on any atom is -0.460 e. The summed E-state index contributed by atoms with van der Waals surface area (Å²) in [5, 5.41) is 6.88. The fraction of sp³-hybridized carbons (Fsp3) is 0.391. The maximum Gasteiger partial charge on any atom is 1.00 e. The van der Waals surface area contributed by atoms with Gasteiger partial charge in [-0.15, -0.1) is 24.8 Å². The third-order valence-corrected chi connectivity index (χ3v) is 4.00. The normalized spacial score (nSPS) is 13.2. The van der Waals surface area contributed by atoms with E-state index >= 15 is 0 Å². The zero-order chi connectivity index (χ0) is 25.6. The van der Waals surface area contributed by atoms with Gasteiger partial charge in [0, 0.05) is 25.1 Å². The SMILES string of the molecule is CC(C)(C)OC(=O)CCCNC(=O)CCc1ccc(NN=C2C=[C-]C=CC2=O)cc1.O=S(=O)=O.[Na+]. The molecular weight excluding hydrogens is 485 g/mol. The number of hydrazone groups is 1. The molecule has 0 saturated heterocycles. The number of nitrogens with one attached hydrogen (secondary N) is 2. The van der Waals surface area contributed by atoms with Gasteiger partial charge in [-0.25, -0.2) is 5.10 Å². The molecule has 1 aromatic carbocycles. The van der Waals surface area contributed by atoms with Crippen LogP contribution < -0.4 is 40.3 Å². The topological polar surface area (TPSA) is 148 Å². The number of anilines is 1. The van der Waals surface area contributed by atoms with Crippen LogP contribution in [0, 0.1) is 6.08 Å². The van der Waals surface area contributed by atoms with E-state index in [0.717, 1.165) is 11.3 Å². The molecule has 0 bridgehead atoms. The van der Waals surface area contributed by atoms with E-state index in [2.05, 4.69) is 21.9 Å². The first kappa shape index (κ1) is 32.4. The van der Waals surface area contributed by atoms with Gasteiger partial charge in [-0.05, 0) is 51.3 Å². The number of rotatable bonds is 9. The number of allylic oxidation sites excluding steroid dienone is 4. The third-order valence-electron chi connectivity index (χ3n) is 4.00. The minimum atomic E-state index is -3.11. The summed E-state index contributed by atoms with van der Waals surface area (Å²) >= 11 is 0. The molecule has 0 radical (unpaired) electrons. The molecule has 12 heteroatoms. The Balaban J connectivity index is 0.00000214. The second kappa shape index (κ2) is 16.9. The van der Waals surface area contributed by atoms with Gasteiger partial charge in [-0.3, -0.25) is 15.0 Å². The Morgan fingerprint density at radius 1 is 1.09 bits per heavy atom. The standard InChI is InChI=1S/C23H28N3O4.Na.O3S/c1-23(2,3)30-22(29)9-6-16-24-21(28)15-12-17-10-13-18(14-11-17)25-26-19-7-4-5-8-20(19)27;;1-4(2)3/h5,7-8,10-11,13-14,25H,6,9,12,15-16H2,1-3H3,(H,24,28);;/q-1;+1;. The van der Waals surface area contributed by atoms with Gasteiger partial charge in [0.1, 0.15) is 5.60 Å². The summed E-state index contributed by atoms with van der Waals surface area (Å²) in [6.45, 7) is 5.93. The summed E-state index contributed by atoms with van der Waals surface area (Å²) < 4.78 is 30.6. The molecule has 0 aliphatic heterocycles. The van der Waals surface area contributed by atoms with Crippen LogP contribution in [0.15, 0.2) is 47.6 Å². The number of hydrogen-bond acceptors (Lipinski definition) is 9. The van der Waals surface area contributed by atoms with Crippen LogP contribution in [0.2, 0.25) is 0 Å². The van der Waals surface area contributed by atoms with Gasteiger partial charge in [-0.2, -0.15) is 12.2 Å². The Kier molecular flexibility index (Phi) is 15.7. The van der Waals surface area contributed by atoms with Crippen molar-refractivity contribution in [3.05, 3.63) is 54.1 Å². The van der Waals surface area contributed by atoms with E-state index in [1.165, 1.54) is 12.2 Å². The number of esters is 1. The molecule has 0 spiro atoms. The van der Waals surface area contributed by atoms with Crippen LogP contribution in [0.25, 0.3) is 0 Å². The Morgan fingerprint density at radius 2 is 1.71 bits per heavy atom. The van der Waals surface area contributed by atoms with Crippen LogP contribution in [0.5, 0.6) is 0 Å². The van der Waals surface area contributed by atoms with Crippen molar-refractivity contribution in [2.45, 2.75) is 52.1 Å². The number of amides is 1. The smallest absolute Gasteiger partial charge is 0.460 e. The summed E-state index contributed by atoms with van der Waals surface area (Å²) in [4.78, 5) is 35.2. The molecule has 1 amide bonds. The number of nitrogens with zero attached hydrogens (tertiary/aromatic N) is 1. The quantitative estimate of drug-likeness (QED) is 0.108. The van der Waals surface area contributed by atoms with E-state index in [1.807, 2.05) is 45.0 Å². The van der Waals surface area contributed by atoms with Crippen molar-refractivity contribution in [2.75, 3.05) is 12.0 Å². The number of ether oxygens (including phenoxy) is 1. The molecule has 10 nitrogen and oxygen atoms in total. The molecule has 0 aromatic heterocycles. The van der Waals surface area contributed by atoms with Crippen molar-refractivity contribution in [1.82, 2.24) is 5.32 Å². The van der Waals surface area contributed by atoms with Crippen LogP contribution in [-0.2, 0) is 36.2 Å². The number of ketones is 1. The number of carbonyl (C=O) groups is 3. The van der Waals surface area contributed by atoms with Crippen molar-refractivity contribution in [3.8, 4) is 0 Å². The minimum absolute atomic E-state index is 0. The largest absolute Gasteiger partial charge is 1.00 e. The first-order valence-corrected chi connectivity index (χ1v) is 11.4. The van der Waals surface area contributed by atoms with Gasteiger partial charge in [0.15, 0.2) is 0 Å². The molecule has 0 unspecified atom stereocenters. The second-order valence-corrected chi connectivity index (χ2v) is 8.47. The van der Waals surface area contributed by atoms with Gasteiger partial charge >= 0.3 is 46.1 Å². The zero-order valence-electron chi connectivity index (χ0n) is 20.3. The van der Waals surface area contributed by atoms with Crippen LogP contribution in [0.4, 0.5) is 5.69 Å². The predicted molar refractivity (Wildman–Crippen MR) is 126 cm³/mol. The van der Waals surface area contributed by atoms with E-state index in [1.54, 1.807) is 6.08 Å². The predicted octanol–water partition coefficient (Wildman–Crippen LogP) is -0.877. The van der Waals surface area contributed by atoms with Crippen LogP contribution in [0.3, 0.4) is 0 Å². The fourth-order valence-corrected chi connectivity index (χ4v) is 2.56. The van der Waals surface area contributed by atoms with Gasteiger partial charge in [0.05, 0.1) is 11.5 Å². The van der Waals surface area contributed by atoms with E-state index in [-0.39, 0.29) is 53.6 Å². The van der Waals surface area contributed by atoms with Crippen molar-refractivity contribution < 1.29 is 61.3 Å². The van der Waals surface area contributed by atoms with E-state index in [4.69, 9.17) is 17.4 Å². The van der Waals surface area contributed by atoms with E-state index < -0.39 is 16.2 Å². The first-order chi connectivity index (χ1) is 16.0. The number of aryl methyl sites for hydroxylation is 1. The number of carbonyl (C=O) groups excluding carboxylic acids is 3. The summed E-state index contributed by atoms with van der Waals surface area (Å²) in [7, 11) is -3.11. The Labute approximate surface area is 228 Å². The average Bonchev–Trinajstić information content (AvgIpc) is 2.74. The zero-order valence-corrected chi connectivity index (χ0v) is 23.1. The number of benzene rings is 1. The molecule has 0 heterocycles. The molecule has 1 aliphatic rings. The molecule has 1 aromatic rings. The molecule has 2 N–H and O–H groups in total. The molecular formula is C23H28N3NaO7S. The fourth-order valence-electron chi connectivity index (χ4n) is 2.56. The molecule has 0 fully saturated rings. The summed E-state index contributed by atoms with van der Waals surface area (Å²) in [6, 6.07) is 7.50. The Bertz CT molecular complexity index is 1050. The van der Waals surface area contributed by atoms with Gasteiger partial charge in [0.25, 0.3) is 0 Å². The molecule has 1 aliphatic carbocycles. The molecule has 35 heavy (non-hydrogen) atoms. The summed E-state index contributed by atoms with van der Waals surface area (Å²) in [6.07, 6.45) is 9.10. The van der Waals surface area contributed by atoms with Crippen molar-refractivity contribution in [2.24, 2.45) is 5.10 Å². The Hall–Kier alpha value is -2.60. The maximum atomic E-state index is 12.0. The molecule has 0 saturated carbocycles. The first-order valence-electron chi connectivity index (χ1n) is 10.4. The molecule has 0 atom stereocenters. The van der Waals surface area contributed by atoms with Crippen LogP contribution in [-0.4, -0.2) is 48.1 Å². The van der Waals surface area contributed by atoms with Crippen molar-refractivity contribution in [1.29, 1.82) is 0 Å². The van der Waals surface area contributed by atoms with Gasteiger partial charge < -0.3 is 14.8 Å². The van der Waals surface area contributed by atoms with Crippen molar-refractivity contribution >= 4 is 39.7 Å². The van der Waals surface area contributed by atoms with Crippen LogP contribution in [0.1, 0.15) is 45.6 Å². The van der Waals surface area contributed by atoms with Gasteiger partial charge in [0.2, 0.25) is 5.91 Å². The van der Waals surface area contributed by atoms with E-state index in [0.29, 0.717) is 31.5 Å². The maximum absolute atomic E-state index is 12.0. The van der Waals surface area contributed by atoms with Gasteiger partial charge in [-0.1, -0.05) is 12.1 Å². The summed E-state index contributed by atoms with van der Waals surface area (Å²) in [5.41, 5.74) is 4.41. The van der Waals surface area contributed by atoms with Crippen LogP contribution >= 0.6 is 0 Å².